The van der Waals surface area contributed by atoms with E-state index in [1.807, 2.05) is 0 Å². The van der Waals surface area contributed by atoms with E-state index >= 15 is 0 Å². The standard InChI is InChI=1S/C20H30O4/c1-20(2,3)17-13-12-15(8-4-6-10-18(21)22)16(14-17)9-5-7-11-19(23)24/h12-14H,4-11H2,1-3H3,(H,21,22)(H,23,24). The Kier molecular flexibility index (Phi) is 7.96. The van der Waals surface area contributed by atoms with Crippen molar-refractivity contribution < 1.29 is 19.8 Å². The zero-order valence-corrected chi connectivity index (χ0v) is 15.1. The van der Waals surface area contributed by atoms with Gasteiger partial charge in [0.2, 0.25) is 0 Å². The normalized spacial score (nSPS) is 11.5. The number of benzene rings is 1. The molecule has 2 N–H and O–H groups in total. The molecule has 24 heavy (non-hydrogen) atoms. The Morgan fingerprint density at radius 2 is 1.33 bits per heavy atom. The molecule has 0 atom stereocenters. The summed E-state index contributed by atoms with van der Waals surface area (Å²) in [6, 6.07) is 6.56. The first-order valence-corrected chi connectivity index (χ1v) is 8.76. The van der Waals surface area contributed by atoms with E-state index in [0.29, 0.717) is 12.8 Å². The second-order valence-electron chi connectivity index (χ2n) is 7.44. The van der Waals surface area contributed by atoms with Gasteiger partial charge in [-0.3, -0.25) is 9.59 Å². The second-order valence-corrected chi connectivity index (χ2v) is 7.44. The van der Waals surface area contributed by atoms with Gasteiger partial charge >= 0.3 is 11.9 Å². The van der Waals surface area contributed by atoms with Crippen molar-refractivity contribution >= 4 is 11.9 Å². The van der Waals surface area contributed by atoms with Gasteiger partial charge in [-0.1, -0.05) is 39.0 Å². The topological polar surface area (TPSA) is 74.6 Å². The minimum atomic E-state index is -0.744. The number of unbranched alkanes of at least 4 members (excludes halogenated alkanes) is 2. The lowest BCUT2D eigenvalue weighted by Crippen LogP contribution is -2.12. The largest absolute Gasteiger partial charge is 0.481 e. The van der Waals surface area contributed by atoms with Crippen LogP contribution in [0.1, 0.15) is 76.0 Å². The summed E-state index contributed by atoms with van der Waals surface area (Å²) in [6.07, 6.45) is 5.30. The van der Waals surface area contributed by atoms with Gasteiger partial charge in [0.1, 0.15) is 0 Å². The van der Waals surface area contributed by atoms with Crippen LogP contribution in [-0.4, -0.2) is 22.2 Å². The molecule has 4 heteroatoms. The van der Waals surface area contributed by atoms with Gasteiger partial charge in [-0.15, -0.1) is 0 Å². The highest BCUT2D eigenvalue weighted by molar-refractivity contribution is 5.66. The quantitative estimate of drug-likeness (QED) is 0.614. The smallest absolute Gasteiger partial charge is 0.303 e. The summed E-state index contributed by atoms with van der Waals surface area (Å²) in [5.74, 6) is -1.49. The van der Waals surface area contributed by atoms with Crippen LogP contribution in [0.5, 0.6) is 0 Å². The van der Waals surface area contributed by atoms with Crippen molar-refractivity contribution in [2.24, 2.45) is 0 Å². The molecule has 0 fully saturated rings. The van der Waals surface area contributed by atoms with Crippen LogP contribution in [0.25, 0.3) is 0 Å². The number of hydrogen-bond acceptors (Lipinski definition) is 2. The number of carboxylic acid groups (broad SMARTS) is 2. The molecule has 0 aromatic heterocycles. The fraction of sp³-hybridized carbons (Fsp3) is 0.600. The van der Waals surface area contributed by atoms with Crippen molar-refractivity contribution in [3.8, 4) is 0 Å². The Morgan fingerprint density at radius 3 is 1.79 bits per heavy atom. The molecular formula is C20H30O4. The van der Waals surface area contributed by atoms with Crippen LogP contribution >= 0.6 is 0 Å². The van der Waals surface area contributed by atoms with Crippen LogP contribution in [0, 0.1) is 0 Å². The second kappa shape index (κ2) is 9.45. The van der Waals surface area contributed by atoms with E-state index in [1.54, 1.807) is 0 Å². The molecular weight excluding hydrogens is 304 g/mol. The molecule has 0 spiro atoms. The Labute approximate surface area is 144 Å². The molecule has 0 heterocycles. The number of aliphatic carboxylic acids is 2. The van der Waals surface area contributed by atoms with Crippen molar-refractivity contribution in [3.63, 3.8) is 0 Å². The van der Waals surface area contributed by atoms with E-state index in [9.17, 15) is 9.59 Å². The predicted octanol–water partition coefficient (Wildman–Crippen LogP) is 4.58. The van der Waals surface area contributed by atoms with Crippen LogP contribution < -0.4 is 0 Å². The van der Waals surface area contributed by atoms with Crippen molar-refractivity contribution in [2.75, 3.05) is 0 Å². The maximum atomic E-state index is 10.6. The van der Waals surface area contributed by atoms with Crippen LogP contribution in [0.3, 0.4) is 0 Å². The summed E-state index contributed by atoms with van der Waals surface area (Å²) in [5.41, 5.74) is 3.91. The lowest BCUT2D eigenvalue weighted by atomic mass is 9.84. The number of rotatable bonds is 10. The summed E-state index contributed by atoms with van der Waals surface area (Å²) in [6.45, 7) is 6.55. The van der Waals surface area contributed by atoms with E-state index in [-0.39, 0.29) is 18.3 Å². The van der Waals surface area contributed by atoms with E-state index in [0.717, 1.165) is 25.7 Å². The lowest BCUT2D eigenvalue weighted by Gasteiger charge is -2.21. The van der Waals surface area contributed by atoms with E-state index in [1.165, 1.54) is 16.7 Å². The zero-order chi connectivity index (χ0) is 18.2. The van der Waals surface area contributed by atoms with Crippen molar-refractivity contribution in [1.29, 1.82) is 0 Å². The third-order valence-electron chi connectivity index (χ3n) is 4.25. The number of carbonyl (C=O) groups is 2. The highest BCUT2D eigenvalue weighted by Crippen LogP contribution is 2.26. The maximum Gasteiger partial charge on any atom is 0.303 e. The van der Waals surface area contributed by atoms with Crippen molar-refractivity contribution in [2.45, 2.75) is 77.6 Å². The van der Waals surface area contributed by atoms with Gasteiger partial charge in [0.15, 0.2) is 0 Å². The Hall–Kier alpha value is -1.84. The number of aryl methyl sites for hydroxylation is 2. The molecule has 0 amide bonds. The summed E-state index contributed by atoms with van der Waals surface area (Å²) >= 11 is 0. The summed E-state index contributed by atoms with van der Waals surface area (Å²) < 4.78 is 0. The van der Waals surface area contributed by atoms with Crippen LogP contribution in [-0.2, 0) is 27.8 Å². The molecule has 4 nitrogen and oxygen atoms in total. The molecule has 0 saturated heterocycles. The molecule has 0 unspecified atom stereocenters. The Morgan fingerprint density at radius 1 is 0.833 bits per heavy atom. The molecule has 0 aliphatic heterocycles. The molecule has 1 rings (SSSR count). The van der Waals surface area contributed by atoms with Gasteiger partial charge in [0, 0.05) is 12.8 Å². The van der Waals surface area contributed by atoms with E-state index < -0.39 is 11.9 Å². The average Bonchev–Trinajstić information content (AvgIpc) is 2.47. The summed E-state index contributed by atoms with van der Waals surface area (Å²) in [5, 5.41) is 17.5. The third kappa shape index (κ3) is 7.62. The van der Waals surface area contributed by atoms with Gasteiger partial charge in [0.05, 0.1) is 0 Å². The number of carboxylic acids is 2. The highest BCUT2D eigenvalue weighted by atomic mass is 16.4. The van der Waals surface area contributed by atoms with Gasteiger partial charge < -0.3 is 10.2 Å². The first kappa shape index (κ1) is 20.2. The molecule has 0 aliphatic rings. The van der Waals surface area contributed by atoms with Gasteiger partial charge in [-0.05, 0) is 60.6 Å². The van der Waals surface area contributed by atoms with E-state index in [4.69, 9.17) is 10.2 Å². The van der Waals surface area contributed by atoms with Crippen molar-refractivity contribution in [3.05, 3.63) is 34.9 Å². The molecule has 0 radical (unpaired) electrons. The monoisotopic (exact) mass is 334 g/mol. The molecule has 0 aliphatic carbocycles. The van der Waals surface area contributed by atoms with Crippen LogP contribution in [0.2, 0.25) is 0 Å². The Balaban J connectivity index is 2.75. The van der Waals surface area contributed by atoms with Gasteiger partial charge in [0.25, 0.3) is 0 Å². The minimum Gasteiger partial charge on any atom is -0.481 e. The van der Waals surface area contributed by atoms with Crippen LogP contribution in [0.4, 0.5) is 0 Å². The first-order valence-electron chi connectivity index (χ1n) is 8.76. The predicted molar refractivity (Wildman–Crippen MR) is 95.5 cm³/mol. The number of hydrogen-bond donors (Lipinski definition) is 2. The highest BCUT2D eigenvalue weighted by Gasteiger charge is 2.15. The zero-order valence-electron chi connectivity index (χ0n) is 15.1. The molecule has 1 aromatic rings. The third-order valence-corrected chi connectivity index (χ3v) is 4.25. The average molecular weight is 334 g/mol. The maximum absolute atomic E-state index is 10.6. The molecule has 0 saturated carbocycles. The minimum absolute atomic E-state index is 0.0810. The fourth-order valence-electron chi connectivity index (χ4n) is 2.75. The van der Waals surface area contributed by atoms with E-state index in [2.05, 4.69) is 39.0 Å². The SMILES string of the molecule is CC(C)(C)c1ccc(CCCCC(=O)O)c(CCCCC(=O)O)c1. The molecule has 134 valence electrons. The lowest BCUT2D eigenvalue weighted by molar-refractivity contribution is -0.138. The van der Waals surface area contributed by atoms with Gasteiger partial charge in [-0.25, -0.2) is 0 Å². The van der Waals surface area contributed by atoms with Crippen molar-refractivity contribution in [1.82, 2.24) is 0 Å². The fourth-order valence-corrected chi connectivity index (χ4v) is 2.75. The van der Waals surface area contributed by atoms with Gasteiger partial charge in [-0.2, -0.15) is 0 Å². The summed E-state index contributed by atoms with van der Waals surface area (Å²) in [7, 11) is 0. The molecule has 0 bridgehead atoms. The first-order chi connectivity index (χ1) is 11.2. The Bertz CT molecular complexity index is 555. The van der Waals surface area contributed by atoms with Crippen LogP contribution in [0.15, 0.2) is 18.2 Å². The molecule has 1 aromatic carbocycles. The summed E-state index contributed by atoms with van der Waals surface area (Å²) in [4.78, 5) is 21.3.